The summed E-state index contributed by atoms with van der Waals surface area (Å²) in [4.78, 5) is 25.3. The number of aromatic nitrogens is 1. The molecule has 1 amide bonds. The summed E-state index contributed by atoms with van der Waals surface area (Å²) < 4.78 is 20.6. The summed E-state index contributed by atoms with van der Waals surface area (Å²) in [5.74, 6) is -0.214. The quantitative estimate of drug-likeness (QED) is 0.813. The molecule has 2 heterocycles. The number of carbonyl (C=O) groups is 2. The topological polar surface area (TPSA) is 60.3 Å². The Morgan fingerprint density at radius 2 is 1.97 bits per heavy atom. The molecule has 1 N–H and O–H groups in total. The van der Waals surface area contributed by atoms with Crippen molar-refractivity contribution in [2.75, 3.05) is 19.8 Å². The zero-order valence-electron chi connectivity index (χ0n) is 17.0. The lowest BCUT2D eigenvalue weighted by Crippen LogP contribution is -2.48. The Labute approximate surface area is 170 Å². The van der Waals surface area contributed by atoms with Crippen LogP contribution in [0.4, 0.5) is 4.39 Å². The molecule has 0 radical (unpaired) electrons. The van der Waals surface area contributed by atoms with E-state index in [1.165, 1.54) is 12.1 Å². The number of ether oxygens (including phenoxy) is 1. The second-order valence-corrected chi connectivity index (χ2v) is 8.63. The zero-order chi connectivity index (χ0) is 20.6. The highest BCUT2D eigenvalue weighted by Gasteiger charge is 2.34. The van der Waals surface area contributed by atoms with Gasteiger partial charge in [-0.15, -0.1) is 0 Å². The van der Waals surface area contributed by atoms with Gasteiger partial charge >= 0.3 is 0 Å². The van der Waals surface area contributed by atoms with Crippen molar-refractivity contribution in [3.63, 3.8) is 0 Å². The molecule has 1 fully saturated rings. The van der Waals surface area contributed by atoms with Gasteiger partial charge in [0.25, 0.3) is 0 Å². The van der Waals surface area contributed by atoms with Gasteiger partial charge in [0.05, 0.1) is 19.6 Å². The number of benzene rings is 1. The molecule has 0 unspecified atom stereocenters. The normalized spacial score (nSPS) is 17.6. The average molecular weight is 398 g/mol. The Bertz CT molecular complexity index is 942. The Morgan fingerprint density at radius 1 is 1.24 bits per heavy atom. The Morgan fingerprint density at radius 3 is 2.62 bits per heavy atom. The maximum absolute atomic E-state index is 13.3. The Kier molecular flexibility index (Phi) is 5.30. The van der Waals surface area contributed by atoms with Crippen LogP contribution in [0.2, 0.25) is 0 Å². The predicted molar refractivity (Wildman–Crippen MR) is 108 cm³/mol. The molecule has 0 spiro atoms. The van der Waals surface area contributed by atoms with Gasteiger partial charge in [0.2, 0.25) is 5.91 Å². The van der Waals surface area contributed by atoms with Crippen LogP contribution in [0.1, 0.15) is 52.6 Å². The highest BCUT2D eigenvalue weighted by molar-refractivity contribution is 6.01. The van der Waals surface area contributed by atoms with Gasteiger partial charge in [-0.05, 0) is 43.0 Å². The molecule has 2 aliphatic rings. The number of hydrogen-bond donors (Lipinski definition) is 1. The third-order valence-electron chi connectivity index (χ3n) is 6.06. The molecule has 1 aliphatic heterocycles. The largest absolute Gasteiger partial charge is 0.380 e. The molecule has 29 heavy (non-hydrogen) atoms. The molecule has 5 nitrogen and oxygen atoms in total. The fraction of sp³-hybridized carbons (Fsp3) is 0.478. The van der Waals surface area contributed by atoms with E-state index in [0.29, 0.717) is 32.7 Å². The lowest BCUT2D eigenvalue weighted by atomic mass is 9.88. The van der Waals surface area contributed by atoms with E-state index < -0.39 is 0 Å². The van der Waals surface area contributed by atoms with Crippen molar-refractivity contribution in [3.05, 3.63) is 58.2 Å². The monoisotopic (exact) mass is 398 g/mol. The van der Waals surface area contributed by atoms with Gasteiger partial charge in [-0.25, -0.2) is 4.39 Å². The minimum absolute atomic E-state index is 0.00840. The number of halogens is 1. The van der Waals surface area contributed by atoms with Gasteiger partial charge in [-0.1, -0.05) is 19.1 Å². The van der Waals surface area contributed by atoms with Crippen molar-refractivity contribution in [2.45, 2.75) is 46.1 Å². The minimum Gasteiger partial charge on any atom is -0.380 e. The van der Waals surface area contributed by atoms with Gasteiger partial charge in [0, 0.05) is 41.9 Å². The molecule has 0 bridgehead atoms. The highest BCUT2D eigenvalue weighted by Crippen LogP contribution is 2.31. The summed E-state index contributed by atoms with van der Waals surface area (Å²) >= 11 is 0. The first-order chi connectivity index (χ1) is 13.9. The number of nitrogens with zero attached hydrogens (tertiary/aromatic N) is 1. The summed E-state index contributed by atoms with van der Waals surface area (Å²) in [6.07, 6.45) is 2.37. The van der Waals surface area contributed by atoms with E-state index in [1.54, 1.807) is 12.1 Å². The SMILES string of the molecule is Cc1c(CC(=O)NCC2(C)COC2)c2c(n1Cc1ccc(F)cc1)CCCC2=O. The second-order valence-electron chi connectivity index (χ2n) is 8.63. The fourth-order valence-corrected chi connectivity index (χ4v) is 4.28. The van der Waals surface area contributed by atoms with Crippen LogP contribution >= 0.6 is 0 Å². The molecule has 1 saturated heterocycles. The smallest absolute Gasteiger partial charge is 0.224 e. The first-order valence-electron chi connectivity index (χ1n) is 10.2. The van der Waals surface area contributed by atoms with Gasteiger partial charge in [0.15, 0.2) is 5.78 Å². The van der Waals surface area contributed by atoms with Crippen molar-refractivity contribution >= 4 is 11.7 Å². The Hall–Kier alpha value is -2.47. The van der Waals surface area contributed by atoms with Crippen molar-refractivity contribution in [1.29, 1.82) is 0 Å². The van der Waals surface area contributed by atoms with Crippen LogP contribution in [0.25, 0.3) is 0 Å². The molecule has 1 aromatic carbocycles. The average Bonchev–Trinajstić information content (AvgIpc) is 2.93. The van der Waals surface area contributed by atoms with E-state index in [0.717, 1.165) is 40.9 Å². The van der Waals surface area contributed by atoms with E-state index in [1.807, 2.05) is 6.92 Å². The number of ketones is 1. The van der Waals surface area contributed by atoms with Crippen LogP contribution in [0.3, 0.4) is 0 Å². The lowest BCUT2D eigenvalue weighted by molar-refractivity contribution is -0.126. The lowest BCUT2D eigenvalue weighted by Gasteiger charge is -2.38. The van der Waals surface area contributed by atoms with Crippen molar-refractivity contribution in [3.8, 4) is 0 Å². The summed E-state index contributed by atoms with van der Waals surface area (Å²) in [7, 11) is 0. The van der Waals surface area contributed by atoms with E-state index in [2.05, 4.69) is 16.8 Å². The molecule has 4 rings (SSSR count). The van der Waals surface area contributed by atoms with Crippen molar-refractivity contribution in [2.24, 2.45) is 5.41 Å². The number of hydrogen-bond acceptors (Lipinski definition) is 3. The van der Waals surface area contributed by atoms with Gasteiger partial charge in [-0.2, -0.15) is 0 Å². The Balaban J connectivity index is 1.59. The van der Waals surface area contributed by atoms with Crippen LogP contribution in [0.5, 0.6) is 0 Å². The van der Waals surface area contributed by atoms with Crippen molar-refractivity contribution < 1.29 is 18.7 Å². The number of fused-ring (bicyclic) bond motifs is 1. The van der Waals surface area contributed by atoms with Crippen LogP contribution < -0.4 is 5.32 Å². The fourth-order valence-electron chi connectivity index (χ4n) is 4.28. The second kappa shape index (κ2) is 7.75. The summed E-state index contributed by atoms with van der Waals surface area (Å²) in [6.45, 7) is 6.53. The predicted octanol–water partition coefficient (Wildman–Crippen LogP) is 3.20. The minimum atomic E-state index is -0.266. The van der Waals surface area contributed by atoms with E-state index in [4.69, 9.17) is 4.74 Å². The molecule has 0 atom stereocenters. The summed E-state index contributed by atoms with van der Waals surface area (Å²) in [5.41, 5.74) is 4.49. The zero-order valence-corrected chi connectivity index (χ0v) is 17.0. The van der Waals surface area contributed by atoms with Crippen LogP contribution in [-0.4, -0.2) is 36.0 Å². The van der Waals surface area contributed by atoms with E-state index in [9.17, 15) is 14.0 Å². The first kappa shape index (κ1) is 19.8. The van der Waals surface area contributed by atoms with Crippen molar-refractivity contribution in [1.82, 2.24) is 9.88 Å². The first-order valence-corrected chi connectivity index (χ1v) is 10.2. The number of carbonyl (C=O) groups excluding carboxylic acids is 2. The molecular weight excluding hydrogens is 371 g/mol. The number of nitrogens with one attached hydrogen (secondary N) is 1. The van der Waals surface area contributed by atoms with Gasteiger partial charge in [-0.3, -0.25) is 9.59 Å². The molecular formula is C23H27FN2O3. The van der Waals surface area contributed by atoms with E-state index in [-0.39, 0.29) is 29.3 Å². The summed E-state index contributed by atoms with van der Waals surface area (Å²) in [5, 5.41) is 3.01. The molecule has 1 aromatic heterocycles. The van der Waals surface area contributed by atoms with Crippen LogP contribution in [0, 0.1) is 18.2 Å². The maximum Gasteiger partial charge on any atom is 0.224 e. The highest BCUT2D eigenvalue weighted by atomic mass is 19.1. The maximum atomic E-state index is 13.3. The number of amides is 1. The standard InChI is InChI=1S/C23H27FN2O3/c1-15-18(10-21(28)25-12-23(2)13-29-14-23)22-19(4-3-5-20(22)27)26(15)11-16-6-8-17(24)9-7-16/h6-9H,3-5,10-14H2,1-2H3,(H,25,28). The van der Waals surface area contributed by atoms with Gasteiger partial charge < -0.3 is 14.6 Å². The van der Waals surface area contributed by atoms with E-state index >= 15 is 0 Å². The molecule has 6 heteroatoms. The molecule has 1 aliphatic carbocycles. The molecule has 2 aromatic rings. The third-order valence-corrected chi connectivity index (χ3v) is 6.06. The number of Topliss-reactive ketones (excluding diaryl/α,β-unsaturated/α-hetero) is 1. The molecule has 154 valence electrons. The summed E-state index contributed by atoms with van der Waals surface area (Å²) in [6, 6.07) is 6.43. The van der Waals surface area contributed by atoms with Crippen LogP contribution in [-0.2, 0) is 28.9 Å². The van der Waals surface area contributed by atoms with Gasteiger partial charge in [0.1, 0.15) is 5.82 Å². The number of rotatable bonds is 6. The molecule has 0 saturated carbocycles. The third kappa shape index (κ3) is 3.99. The van der Waals surface area contributed by atoms with Crippen LogP contribution in [0.15, 0.2) is 24.3 Å².